The second-order valence-corrected chi connectivity index (χ2v) is 2.72. The van der Waals surface area contributed by atoms with E-state index >= 15 is 0 Å². The number of hydrogen-bond donors (Lipinski definition) is 0. The summed E-state index contributed by atoms with van der Waals surface area (Å²) in [5, 5.41) is 2.53. The van der Waals surface area contributed by atoms with Crippen molar-refractivity contribution in [3.05, 3.63) is 35.9 Å². The zero-order chi connectivity index (χ0) is 8.81. The molecule has 0 saturated heterocycles. The van der Waals surface area contributed by atoms with E-state index in [4.69, 9.17) is 0 Å². The first-order chi connectivity index (χ1) is 5.84. The molecule has 0 saturated carbocycles. The SMILES string of the molecule is O=C(CC[C]=S)c1ccccc1. The van der Waals surface area contributed by atoms with Crippen molar-refractivity contribution in [3.63, 3.8) is 0 Å². The topological polar surface area (TPSA) is 17.1 Å². The molecule has 12 heavy (non-hydrogen) atoms. The Balaban J connectivity index is 2.59. The molecular formula is C10H9OS. The van der Waals surface area contributed by atoms with Crippen LogP contribution in [0.5, 0.6) is 0 Å². The Labute approximate surface area is 77.4 Å². The molecule has 1 rings (SSSR count). The Morgan fingerprint density at radius 2 is 2.00 bits per heavy atom. The lowest BCUT2D eigenvalue weighted by atomic mass is 10.1. The number of carbonyl (C=O) groups is 1. The van der Waals surface area contributed by atoms with Gasteiger partial charge in [-0.15, -0.1) is 0 Å². The fourth-order valence-electron chi connectivity index (χ4n) is 0.933. The summed E-state index contributed by atoms with van der Waals surface area (Å²) in [5.74, 6) is 0.132. The van der Waals surface area contributed by atoms with Gasteiger partial charge in [0.25, 0.3) is 0 Å². The molecule has 61 valence electrons. The number of benzene rings is 1. The van der Waals surface area contributed by atoms with Crippen LogP contribution in [0.2, 0.25) is 0 Å². The molecule has 2 heteroatoms. The molecule has 1 aromatic rings. The van der Waals surface area contributed by atoms with Crippen LogP contribution < -0.4 is 0 Å². The largest absolute Gasteiger partial charge is 0.294 e. The second-order valence-electron chi connectivity index (χ2n) is 2.43. The quantitative estimate of drug-likeness (QED) is 0.519. The summed E-state index contributed by atoms with van der Waals surface area (Å²) in [7, 11) is 0. The van der Waals surface area contributed by atoms with Crippen LogP contribution in [-0.2, 0) is 0 Å². The summed E-state index contributed by atoms with van der Waals surface area (Å²) in [6.07, 6.45) is 1.02. The second kappa shape index (κ2) is 4.78. The number of hydrogen-bond acceptors (Lipinski definition) is 2. The Morgan fingerprint density at radius 1 is 1.33 bits per heavy atom. The fraction of sp³-hybridized carbons (Fsp3) is 0.200. The normalized spacial score (nSPS) is 9.33. The Morgan fingerprint density at radius 3 is 2.58 bits per heavy atom. The van der Waals surface area contributed by atoms with E-state index in [0.29, 0.717) is 12.8 Å². The Kier molecular flexibility index (Phi) is 3.61. The standard InChI is InChI=1S/C10H9OS/c11-10(7-4-8-12)9-5-2-1-3-6-9/h1-3,5-6H,4,7H2. The highest BCUT2D eigenvalue weighted by Crippen LogP contribution is 2.03. The summed E-state index contributed by atoms with van der Waals surface area (Å²) in [5.41, 5.74) is 0.753. The third kappa shape index (κ3) is 2.55. The van der Waals surface area contributed by atoms with E-state index in [2.05, 4.69) is 17.6 Å². The van der Waals surface area contributed by atoms with Crippen molar-refractivity contribution in [2.75, 3.05) is 0 Å². The lowest BCUT2D eigenvalue weighted by Gasteiger charge is -1.96. The zero-order valence-electron chi connectivity index (χ0n) is 6.62. The van der Waals surface area contributed by atoms with Gasteiger partial charge in [0.2, 0.25) is 0 Å². The molecule has 0 aliphatic rings. The first-order valence-corrected chi connectivity index (χ1v) is 4.18. The van der Waals surface area contributed by atoms with Crippen molar-refractivity contribution in [2.45, 2.75) is 12.8 Å². The molecule has 0 spiro atoms. The number of ketones is 1. The molecule has 0 aromatic heterocycles. The predicted molar refractivity (Wildman–Crippen MR) is 52.6 cm³/mol. The molecule has 0 N–H and O–H groups in total. The molecule has 1 radical (unpaired) electrons. The molecule has 0 unspecified atom stereocenters. The minimum Gasteiger partial charge on any atom is -0.294 e. The van der Waals surface area contributed by atoms with Crippen LogP contribution in [-0.4, -0.2) is 11.2 Å². The molecule has 0 amide bonds. The van der Waals surface area contributed by atoms with Crippen molar-refractivity contribution in [1.29, 1.82) is 0 Å². The molecular weight excluding hydrogens is 168 g/mol. The van der Waals surface area contributed by atoms with Crippen LogP contribution >= 0.6 is 12.2 Å². The van der Waals surface area contributed by atoms with Gasteiger partial charge in [-0.2, -0.15) is 0 Å². The average molecular weight is 177 g/mol. The van der Waals surface area contributed by atoms with E-state index in [1.54, 1.807) is 0 Å². The maximum Gasteiger partial charge on any atom is 0.163 e. The van der Waals surface area contributed by atoms with Crippen molar-refractivity contribution in [3.8, 4) is 0 Å². The summed E-state index contributed by atoms with van der Waals surface area (Å²) in [6, 6.07) is 9.22. The maximum absolute atomic E-state index is 11.3. The maximum atomic E-state index is 11.3. The van der Waals surface area contributed by atoms with Gasteiger partial charge in [0.05, 0.1) is 0 Å². The van der Waals surface area contributed by atoms with Crippen molar-refractivity contribution in [1.82, 2.24) is 0 Å². The lowest BCUT2D eigenvalue weighted by molar-refractivity contribution is 0.0985. The van der Waals surface area contributed by atoms with E-state index in [1.807, 2.05) is 30.3 Å². The van der Waals surface area contributed by atoms with E-state index < -0.39 is 0 Å². The highest BCUT2D eigenvalue weighted by Gasteiger charge is 2.02. The van der Waals surface area contributed by atoms with Crippen LogP contribution in [0.1, 0.15) is 23.2 Å². The number of thiocarbonyl (C=S) groups is 1. The average Bonchev–Trinajstić information content (AvgIpc) is 2.15. The first kappa shape index (κ1) is 9.07. The van der Waals surface area contributed by atoms with Gasteiger partial charge >= 0.3 is 0 Å². The van der Waals surface area contributed by atoms with E-state index in [9.17, 15) is 4.79 Å². The summed E-state index contributed by atoms with van der Waals surface area (Å²) in [6.45, 7) is 0. The minimum atomic E-state index is 0.132. The summed E-state index contributed by atoms with van der Waals surface area (Å²) < 4.78 is 0. The van der Waals surface area contributed by atoms with Gasteiger partial charge in [-0.3, -0.25) is 4.79 Å². The zero-order valence-corrected chi connectivity index (χ0v) is 7.43. The monoisotopic (exact) mass is 177 g/mol. The Hall–Kier alpha value is -1.02. The van der Waals surface area contributed by atoms with Crippen LogP contribution in [0.4, 0.5) is 0 Å². The lowest BCUT2D eigenvalue weighted by Crippen LogP contribution is -1.97. The fourth-order valence-corrected chi connectivity index (χ4v) is 1.04. The molecule has 0 atom stereocenters. The molecule has 0 heterocycles. The minimum absolute atomic E-state index is 0.132. The van der Waals surface area contributed by atoms with Gasteiger partial charge in [-0.1, -0.05) is 42.5 Å². The highest BCUT2D eigenvalue weighted by atomic mass is 32.1. The number of carbonyl (C=O) groups excluding carboxylic acids is 1. The third-order valence-electron chi connectivity index (χ3n) is 1.55. The van der Waals surface area contributed by atoms with Gasteiger partial charge in [-0.25, -0.2) is 0 Å². The van der Waals surface area contributed by atoms with Crippen molar-refractivity contribution >= 4 is 23.4 Å². The smallest absolute Gasteiger partial charge is 0.163 e. The molecule has 1 nitrogen and oxygen atoms in total. The molecule has 1 aromatic carbocycles. The summed E-state index contributed by atoms with van der Waals surface area (Å²) in [4.78, 5) is 11.3. The van der Waals surface area contributed by atoms with Gasteiger partial charge in [0.1, 0.15) is 0 Å². The van der Waals surface area contributed by atoms with Crippen LogP contribution in [0.3, 0.4) is 0 Å². The highest BCUT2D eigenvalue weighted by molar-refractivity contribution is 7.78. The van der Waals surface area contributed by atoms with E-state index in [-0.39, 0.29) is 5.78 Å². The van der Waals surface area contributed by atoms with Crippen LogP contribution in [0, 0.1) is 0 Å². The molecule has 0 bridgehead atoms. The first-order valence-electron chi connectivity index (χ1n) is 3.78. The summed E-state index contributed by atoms with van der Waals surface area (Å²) >= 11 is 4.52. The third-order valence-corrected chi connectivity index (χ3v) is 1.75. The van der Waals surface area contributed by atoms with Crippen molar-refractivity contribution < 1.29 is 4.79 Å². The van der Waals surface area contributed by atoms with Gasteiger partial charge in [-0.05, 0) is 6.42 Å². The van der Waals surface area contributed by atoms with Gasteiger partial charge in [0, 0.05) is 17.4 Å². The van der Waals surface area contributed by atoms with Gasteiger partial charge in [0.15, 0.2) is 5.78 Å². The van der Waals surface area contributed by atoms with Crippen LogP contribution in [0.25, 0.3) is 0 Å². The molecule has 0 aliphatic carbocycles. The molecule has 0 aliphatic heterocycles. The predicted octanol–water partition coefficient (Wildman–Crippen LogP) is 2.53. The van der Waals surface area contributed by atoms with Crippen molar-refractivity contribution in [2.24, 2.45) is 0 Å². The van der Waals surface area contributed by atoms with Gasteiger partial charge < -0.3 is 0 Å². The van der Waals surface area contributed by atoms with E-state index in [0.717, 1.165) is 5.56 Å². The Bertz CT molecular complexity index is 266. The molecule has 0 fully saturated rings. The van der Waals surface area contributed by atoms with E-state index in [1.165, 1.54) is 0 Å². The number of rotatable bonds is 4. The van der Waals surface area contributed by atoms with Crippen LogP contribution in [0.15, 0.2) is 30.3 Å². The number of Topliss-reactive ketones (excluding diaryl/α,β-unsaturated/α-hetero) is 1.